The predicted octanol–water partition coefficient (Wildman–Crippen LogP) is 3.47. The monoisotopic (exact) mass is 340 g/mol. The van der Waals surface area contributed by atoms with Crippen LogP contribution in [0.2, 0.25) is 0 Å². The molecule has 25 heavy (non-hydrogen) atoms. The van der Waals surface area contributed by atoms with Crippen LogP contribution in [-0.4, -0.2) is 17.4 Å². The van der Waals surface area contributed by atoms with Crippen molar-refractivity contribution in [2.45, 2.75) is 33.9 Å². The highest BCUT2D eigenvalue weighted by Crippen LogP contribution is 2.18. The number of rotatable bonds is 6. The molecular formula is C19H24N4O2. The summed E-state index contributed by atoms with van der Waals surface area (Å²) in [5, 5.41) is 17.6. The van der Waals surface area contributed by atoms with Gasteiger partial charge in [-0.05, 0) is 31.9 Å². The molecule has 6 heteroatoms. The standard InChI is InChI=1S/C19H24N4O2/c1-4-20-19(21-12-16-10-9-14(2)11-15(16)3)22-13-17-7-5-6-8-18(17)23(24)25/h5-11H,4,12-13H2,1-3H3,(H2,20,21,22). The number of aryl methyl sites for hydroxylation is 2. The lowest BCUT2D eigenvalue weighted by Gasteiger charge is -2.13. The van der Waals surface area contributed by atoms with Crippen LogP contribution in [0, 0.1) is 24.0 Å². The third-order valence-electron chi connectivity index (χ3n) is 3.88. The fourth-order valence-electron chi connectivity index (χ4n) is 2.55. The Kier molecular flexibility index (Phi) is 6.51. The highest BCUT2D eigenvalue weighted by molar-refractivity contribution is 5.79. The molecule has 0 saturated heterocycles. The van der Waals surface area contributed by atoms with Crippen LogP contribution in [0.25, 0.3) is 0 Å². The molecule has 2 aromatic carbocycles. The summed E-state index contributed by atoms with van der Waals surface area (Å²) in [4.78, 5) is 15.2. The van der Waals surface area contributed by atoms with Gasteiger partial charge in [0, 0.05) is 19.2 Å². The Labute approximate surface area is 148 Å². The van der Waals surface area contributed by atoms with E-state index >= 15 is 0 Å². The van der Waals surface area contributed by atoms with E-state index in [2.05, 4.69) is 47.7 Å². The summed E-state index contributed by atoms with van der Waals surface area (Å²) in [6.45, 7) is 7.76. The molecule has 0 radical (unpaired) electrons. The summed E-state index contributed by atoms with van der Waals surface area (Å²) in [5.41, 5.74) is 4.34. The average Bonchev–Trinajstić information content (AvgIpc) is 2.58. The van der Waals surface area contributed by atoms with Crippen molar-refractivity contribution >= 4 is 11.6 Å². The van der Waals surface area contributed by atoms with E-state index in [1.807, 2.05) is 6.92 Å². The number of guanidine groups is 1. The lowest BCUT2D eigenvalue weighted by Crippen LogP contribution is -2.37. The van der Waals surface area contributed by atoms with Crippen LogP contribution in [0.15, 0.2) is 47.5 Å². The van der Waals surface area contributed by atoms with Gasteiger partial charge in [-0.15, -0.1) is 0 Å². The molecule has 2 aromatic rings. The van der Waals surface area contributed by atoms with Gasteiger partial charge in [-0.2, -0.15) is 0 Å². The summed E-state index contributed by atoms with van der Waals surface area (Å²) in [6.07, 6.45) is 0. The summed E-state index contributed by atoms with van der Waals surface area (Å²) in [5.74, 6) is 0.639. The molecule has 0 heterocycles. The quantitative estimate of drug-likeness (QED) is 0.365. The van der Waals surface area contributed by atoms with Crippen LogP contribution in [0.1, 0.15) is 29.2 Å². The molecule has 132 valence electrons. The van der Waals surface area contributed by atoms with Crippen molar-refractivity contribution in [3.63, 3.8) is 0 Å². The summed E-state index contributed by atoms with van der Waals surface area (Å²) >= 11 is 0. The molecule has 0 saturated carbocycles. The summed E-state index contributed by atoms with van der Waals surface area (Å²) < 4.78 is 0. The number of nitrogens with zero attached hydrogens (tertiary/aromatic N) is 2. The van der Waals surface area contributed by atoms with E-state index in [-0.39, 0.29) is 17.2 Å². The van der Waals surface area contributed by atoms with Gasteiger partial charge in [0.15, 0.2) is 5.96 Å². The van der Waals surface area contributed by atoms with Crippen molar-refractivity contribution in [2.75, 3.05) is 6.54 Å². The largest absolute Gasteiger partial charge is 0.357 e. The molecule has 0 fully saturated rings. The molecule has 2 rings (SSSR count). The van der Waals surface area contributed by atoms with Crippen LogP contribution in [0.5, 0.6) is 0 Å². The van der Waals surface area contributed by atoms with E-state index in [9.17, 15) is 10.1 Å². The van der Waals surface area contributed by atoms with Crippen LogP contribution < -0.4 is 10.6 Å². The van der Waals surface area contributed by atoms with Gasteiger partial charge < -0.3 is 10.6 Å². The van der Waals surface area contributed by atoms with Gasteiger partial charge in [0.1, 0.15) is 0 Å². The molecule has 0 atom stereocenters. The molecule has 0 amide bonds. The van der Waals surface area contributed by atoms with E-state index < -0.39 is 0 Å². The molecule has 6 nitrogen and oxygen atoms in total. The highest BCUT2D eigenvalue weighted by atomic mass is 16.6. The van der Waals surface area contributed by atoms with E-state index in [0.29, 0.717) is 18.1 Å². The Bertz CT molecular complexity index is 772. The maximum absolute atomic E-state index is 11.1. The first-order valence-electron chi connectivity index (χ1n) is 8.32. The first kappa shape index (κ1) is 18.4. The molecule has 2 N–H and O–H groups in total. The van der Waals surface area contributed by atoms with Crippen molar-refractivity contribution in [3.05, 3.63) is 74.8 Å². The minimum absolute atomic E-state index is 0.0940. The van der Waals surface area contributed by atoms with E-state index in [1.54, 1.807) is 18.2 Å². The molecule has 0 aromatic heterocycles. The van der Waals surface area contributed by atoms with Crippen molar-refractivity contribution in [1.82, 2.24) is 10.6 Å². The molecular weight excluding hydrogens is 316 g/mol. The molecule has 0 spiro atoms. The highest BCUT2D eigenvalue weighted by Gasteiger charge is 2.11. The predicted molar refractivity (Wildman–Crippen MR) is 101 cm³/mol. The fourth-order valence-corrected chi connectivity index (χ4v) is 2.55. The number of benzene rings is 2. The van der Waals surface area contributed by atoms with Gasteiger partial charge in [0.05, 0.1) is 17.0 Å². The first-order chi connectivity index (χ1) is 12.0. The minimum atomic E-state index is -0.374. The van der Waals surface area contributed by atoms with Gasteiger partial charge in [0.25, 0.3) is 5.69 Å². The van der Waals surface area contributed by atoms with Crippen LogP contribution in [-0.2, 0) is 13.1 Å². The van der Waals surface area contributed by atoms with Crippen molar-refractivity contribution in [2.24, 2.45) is 4.99 Å². The Balaban J connectivity index is 2.09. The fraction of sp³-hybridized carbons (Fsp3) is 0.316. The van der Waals surface area contributed by atoms with E-state index in [0.717, 1.165) is 6.54 Å². The number of nitro benzene ring substituents is 1. The molecule has 0 aliphatic carbocycles. The van der Waals surface area contributed by atoms with Gasteiger partial charge in [-0.25, -0.2) is 4.99 Å². The number of para-hydroxylation sites is 1. The van der Waals surface area contributed by atoms with E-state index in [1.165, 1.54) is 22.8 Å². The summed E-state index contributed by atoms with van der Waals surface area (Å²) in [6, 6.07) is 13.0. The molecule has 0 aliphatic heterocycles. The lowest BCUT2D eigenvalue weighted by molar-refractivity contribution is -0.385. The van der Waals surface area contributed by atoms with Gasteiger partial charge in [0.2, 0.25) is 0 Å². The second-order valence-corrected chi connectivity index (χ2v) is 5.86. The van der Waals surface area contributed by atoms with Crippen molar-refractivity contribution in [1.29, 1.82) is 0 Å². The zero-order valence-corrected chi connectivity index (χ0v) is 14.9. The zero-order valence-electron chi connectivity index (χ0n) is 14.9. The third-order valence-corrected chi connectivity index (χ3v) is 3.88. The van der Waals surface area contributed by atoms with Crippen LogP contribution >= 0.6 is 0 Å². The molecule has 0 aliphatic rings. The van der Waals surface area contributed by atoms with Crippen molar-refractivity contribution in [3.8, 4) is 0 Å². The third kappa shape index (κ3) is 5.31. The SMILES string of the molecule is CCNC(=NCc1ccccc1[N+](=O)[O-])NCc1ccc(C)cc1C. The minimum Gasteiger partial charge on any atom is -0.357 e. The topological polar surface area (TPSA) is 79.6 Å². The first-order valence-corrected chi connectivity index (χ1v) is 8.32. The van der Waals surface area contributed by atoms with Gasteiger partial charge >= 0.3 is 0 Å². The maximum Gasteiger partial charge on any atom is 0.274 e. The number of nitrogens with one attached hydrogen (secondary N) is 2. The van der Waals surface area contributed by atoms with Gasteiger partial charge in [-0.1, -0.05) is 42.0 Å². The van der Waals surface area contributed by atoms with Gasteiger partial charge in [-0.3, -0.25) is 10.1 Å². The Hall–Kier alpha value is -2.89. The normalized spacial score (nSPS) is 11.2. The van der Waals surface area contributed by atoms with Crippen LogP contribution in [0.4, 0.5) is 5.69 Å². The second-order valence-electron chi connectivity index (χ2n) is 5.86. The zero-order chi connectivity index (χ0) is 18.2. The van der Waals surface area contributed by atoms with E-state index in [4.69, 9.17) is 0 Å². The molecule has 0 unspecified atom stereocenters. The second kappa shape index (κ2) is 8.82. The smallest absolute Gasteiger partial charge is 0.274 e. The number of hydrogen-bond donors (Lipinski definition) is 2. The van der Waals surface area contributed by atoms with Crippen LogP contribution in [0.3, 0.4) is 0 Å². The maximum atomic E-state index is 11.1. The molecule has 0 bridgehead atoms. The lowest BCUT2D eigenvalue weighted by atomic mass is 10.1. The van der Waals surface area contributed by atoms with Crippen molar-refractivity contribution < 1.29 is 4.92 Å². The average molecular weight is 340 g/mol. The Morgan fingerprint density at radius 3 is 2.56 bits per heavy atom. The Morgan fingerprint density at radius 1 is 1.12 bits per heavy atom. The number of nitro groups is 1. The Morgan fingerprint density at radius 2 is 1.88 bits per heavy atom. The number of hydrogen-bond acceptors (Lipinski definition) is 3. The summed E-state index contributed by atoms with van der Waals surface area (Å²) in [7, 11) is 0. The number of aliphatic imine (C=N–C) groups is 1.